The molecular formula is C22H24F3IN4O2. The van der Waals surface area contributed by atoms with Gasteiger partial charge in [0, 0.05) is 19.2 Å². The van der Waals surface area contributed by atoms with Crippen LogP contribution in [0.15, 0.2) is 70.3 Å². The summed E-state index contributed by atoms with van der Waals surface area (Å²) in [6.07, 6.45) is -2.72. The van der Waals surface area contributed by atoms with E-state index in [1.807, 2.05) is 42.5 Å². The molecule has 3 rings (SSSR count). The molecule has 0 unspecified atom stereocenters. The Labute approximate surface area is 201 Å². The maximum absolute atomic E-state index is 12.1. The number of oxazole rings is 1. The lowest BCUT2D eigenvalue weighted by molar-refractivity contribution is -0.176. The van der Waals surface area contributed by atoms with Crippen molar-refractivity contribution in [2.45, 2.75) is 25.9 Å². The third-order valence-corrected chi connectivity index (χ3v) is 4.25. The summed E-state index contributed by atoms with van der Waals surface area (Å²) in [7, 11) is 1.66. The van der Waals surface area contributed by atoms with Gasteiger partial charge in [-0.3, -0.25) is 4.99 Å². The fraction of sp³-hybridized carbons (Fsp3) is 0.273. The summed E-state index contributed by atoms with van der Waals surface area (Å²) in [5, 5.41) is 6.34. The zero-order valence-electron chi connectivity index (χ0n) is 17.4. The highest BCUT2D eigenvalue weighted by Crippen LogP contribution is 2.18. The molecule has 0 bridgehead atoms. The first-order valence-electron chi connectivity index (χ1n) is 9.59. The molecule has 0 aliphatic carbocycles. The second-order valence-corrected chi connectivity index (χ2v) is 6.71. The summed E-state index contributed by atoms with van der Waals surface area (Å²) in [6, 6.07) is 16.8. The van der Waals surface area contributed by atoms with Crippen LogP contribution in [0.4, 0.5) is 13.2 Å². The predicted octanol–water partition coefficient (Wildman–Crippen LogP) is 4.90. The van der Waals surface area contributed by atoms with E-state index in [4.69, 9.17) is 4.42 Å². The van der Waals surface area contributed by atoms with Crippen molar-refractivity contribution in [3.8, 4) is 11.5 Å². The molecule has 1 heterocycles. The van der Waals surface area contributed by atoms with E-state index in [0.717, 1.165) is 16.8 Å². The van der Waals surface area contributed by atoms with Crippen LogP contribution in [0.25, 0.3) is 11.5 Å². The van der Waals surface area contributed by atoms with Crippen LogP contribution in [-0.2, 0) is 24.4 Å². The number of nitrogens with one attached hydrogen (secondary N) is 2. The number of aliphatic imine (C=N–C) groups is 1. The van der Waals surface area contributed by atoms with Gasteiger partial charge in [0.25, 0.3) is 0 Å². The van der Waals surface area contributed by atoms with E-state index in [2.05, 4.69) is 25.3 Å². The molecule has 0 amide bonds. The zero-order chi connectivity index (χ0) is 22.1. The Morgan fingerprint density at radius 3 is 2.31 bits per heavy atom. The van der Waals surface area contributed by atoms with Gasteiger partial charge in [-0.05, 0) is 23.3 Å². The van der Waals surface area contributed by atoms with Gasteiger partial charge in [0.15, 0.2) is 5.96 Å². The minimum atomic E-state index is -4.32. The lowest BCUT2D eigenvalue weighted by atomic mass is 10.1. The number of alkyl halides is 3. The van der Waals surface area contributed by atoms with Gasteiger partial charge in [-0.2, -0.15) is 13.2 Å². The van der Waals surface area contributed by atoms with E-state index in [0.29, 0.717) is 30.5 Å². The van der Waals surface area contributed by atoms with E-state index >= 15 is 0 Å². The molecule has 10 heteroatoms. The number of guanidine groups is 1. The molecule has 0 atom stereocenters. The quantitative estimate of drug-likeness (QED) is 0.233. The summed E-state index contributed by atoms with van der Waals surface area (Å²) in [4.78, 5) is 8.63. The SMILES string of the molecule is CN=C(NCc1ccc(COCC(F)(F)F)cc1)NCc1coc(-c2ccccc2)n1.I. The topological polar surface area (TPSA) is 71.7 Å². The number of halogens is 4. The standard InChI is InChI=1S/C22H23F3N4O2.HI/c1-26-21(28-12-19-14-31-20(29-19)18-5-3-2-4-6-18)27-11-16-7-9-17(10-8-16)13-30-15-22(23,24)25;/h2-10,14H,11-13,15H2,1H3,(H2,26,27,28);1H. The van der Waals surface area contributed by atoms with Crippen LogP contribution in [0.2, 0.25) is 0 Å². The molecule has 0 saturated heterocycles. The molecule has 6 nitrogen and oxygen atoms in total. The molecule has 2 aromatic carbocycles. The Morgan fingerprint density at radius 1 is 1.00 bits per heavy atom. The average molecular weight is 560 g/mol. The zero-order valence-corrected chi connectivity index (χ0v) is 19.7. The number of rotatable bonds is 8. The molecule has 0 fully saturated rings. The summed E-state index contributed by atoms with van der Waals surface area (Å²) >= 11 is 0. The highest BCUT2D eigenvalue weighted by molar-refractivity contribution is 14.0. The number of ether oxygens (including phenoxy) is 1. The molecule has 172 valence electrons. The molecule has 3 aromatic rings. The van der Waals surface area contributed by atoms with Crippen molar-refractivity contribution in [1.82, 2.24) is 15.6 Å². The van der Waals surface area contributed by atoms with Crippen LogP contribution in [0.5, 0.6) is 0 Å². The van der Waals surface area contributed by atoms with E-state index in [9.17, 15) is 13.2 Å². The summed E-state index contributed by atoms with van der Waals surface area (Å²) in [5.41, 5.74) is 3.28. The predicted molar refractivity (Wildman–Crippen MR) is 127 cm³/mol. The lowest BCUT2D eigenvalue weighted by Gasteiger charge is -2.11. The Morgan fingerprint density at radius 2 is 1.66 bits per heavy atom. The Hall–Kier alpha value is -2.60. The maximum Gasteiger partial charge on any atom is 0.411 e. The smallest absolute Gasteiger partial charge is 0.411 e. The molecule has 0 saturated carbocycles. The van der Waals surface area contributed by atoms with E-state index in [-0.39, 0.29) is 30.6 Å². The van der Waals surface area contributed by atoms with Crippen LogP contribution in [0.3, 0.4) is 0 Å². The van der Waals surface area contributed by atoms with Crippen LogP contribution >= 0.6 is 24.0 Å². The van der Waals surface area contributed by atoms with Crippen LogP contribution in [-0.4, -0.2) is 30.8 Å². The van der Waals surface area contributed by atoms with Crippen LogP contribution in [0, 0.1) is 0 Å². The van der Waals surface area contributed by atoms with Gasteiger partial charge in [-0.1, -0.05) is 42.5 Å². The van der Waals surface area contributed by atoms with Gasteiger partial charge < -0.3 is 19.8 Å². The first-order valence-corrected chi connectivity index (χ1v) is 9.59. The van der Waals surface area contributed by atoms with E-state index in [1.54, 1.807) is 25.4 Å². The van der Waals surface area contributed by atoms with Gasteiger partial charge in [-0.15, -0.1) is 24.0 Å². The summed E-state index contributed by atoms with van der Waals surface area (Å²) < 4.78 is 46.5. The molecule has 2 N–H and O–H groups in total. The number of hydrogen-bond donors (Lipinski definition) is 2. The van der Waals surface area contributed by atoms with Crippen LogP contribution in [0.1, 0.15) is 16.8 Å². The summed E-state index contributed by atoms with van der Waals surface area (Å²) in [5.74, 6) is 1.14. The van der Waals surface area contributed by atoms with Crippen molar-refractivity contribution < 1.29 is 22.3 Å². The first kappa shape index (κ1) is 25.7. The highest BCUT2D eigenvalue weighted by Gasteiger charge is 2.27. The monoisotopic (exact) mass is 560 g/mol. The van der Waals surface area contributed by atoms with Gasteiger partial charge in [0.2, 0.25) is 5.89 Å². The van der Waals surface area contributed by atoms with Crippen molar-refractivity contribution in [3.63, 3.8) is 0 Å². The van der Waals surface area contributed by atoms with Gasteiger partial charge in [-0.25, -0.2) is 4.98 Å². The van der Waals surface area contributed by atoms with Crippen LogP contribution < -0.4 is 10.6 Å². The fourth-order valence-electron chi connectivity index (χ4n) is 2.72. The Kier molecular flexibility index (Phi) is 9.97. The van der Waals surface area contributed by atoms with Gasteiger partial charge in [0.1, 0.15) is 12.9 Å². The Bertz CT molecular complexity index is 977. The van der Waals surface area contributed by atoms with Crippen molar-refractivity contribution >= 4 is 29.9 Å². The number of benzene rings is 2. The lowest BCUT2D eigenvalue weighted by Crippen LogP contribution is -2.36. The average Bonchev–Trinajstić information content (AvgIpc) is 3.24. The first-order chi connectivity index (χ1) is 14.9. The highest BCUT2D eigenvalue weighted by atomic mass is 127. The van der Waals surface area contributed by atoms with Crippen molar-refractivity contribution in [2.75, 3.05) is 13.7 Å². The second-order valence-electron chi connectivity index (χ2n) is 6.71. The minimum absolute atomic E-state index is 0. The molecule has 0 spiro atoms. The number of nitrogens with zero attached hydrogens (tertiary/aromatic N) is 2. The molecule has 0 radical (unpaired) electrons. The third-order valence-electron chi connectivity index (χ3n) is 4.25. The van der Waals surface area contributed by atoms with Crippen molar-refractivity contribution in [3.05, 3.63) is 77.7 Å². The fourth-order valence-corrected chi connectivity index (χ4v) is 2.72. The van der Waals surface area contributed by atoms with Crippen molar-refractivity contribution in [1.29, 1.82) is 0 Å². The maximum atomic E-state index is 12.1. The Balaban J connectivity index is 0.00000363. The largest absolute Gasteiger partial charge is 0.444 e. The normalized spacial score (nSPS) is 11.7. The van der Waals surface area contributed by atoms with E-state index in [1.165, 1.54) is 0 Å². The van der Waals surface area contributed by atoms with E-state index < -0.39 is 12.8 Å². The minimum Gasteiger partial charge on any atom is -0.444 e. The van der Waals surface area contributed by atoms with Gasteiger partial charge >= 0.3 is 6.18 Å². The molecule has 32 heavy (non-hydrogen) atoms. The molecule has 0 aliphatic rings. The molecule has 0 aliphatic heterocycles. The molecular weight excluding hydrogens is 536 g/mol. The number of hydrogen-bond acceptors (Lipinski definition) is 4. The second kappa shape index (κ2) is 12.4. The number of aromatic nitrogens is 1. The summed E-state index contributed by atoms with van der Waals surface area (Å²) in [6.45, 7) is -0.404. The van der Waals surface area contributed by atoms with Gasteiger partial charge in [0.05, 0.1) is 18.8 Å². The molecule has 1 aromatic heterocycles. The third kappa shape index (κ3) is 8.50. The van der Waals surface area contributed by atoms with Crippen molar-refractivity contribution in [2.24, 2.45) is 4.99 Å².